The van der Waals surface area contributed by atoms with E-state index in [1.165, 1.54) is 30.4 Å². The Morgan fingerprint density at radius 3 is 2.57 bits per heavy atom. The number of thiazole rings is 1. The molecule has 0 radical (unpaired) electrons. The minimum Gasteiger partial charge on any atom is -0.438 e. The molecule has 0 amide bonds. The molecule has 1 fully saturated rings. The fourth-order valence-electron chi connectivity index (χ4n) is 2.88. The Hall–Kier alpha value is -1.81. The monoisotopic (exact) mass is 298 g/mol. The molecule has 0 atom stereocenters. The zero-order valence-electron chi connectivity index (χ0n) is 11.9. The Morgan fingerprint density at radius 1 is 0.952 bits per heavy atom. The summed E-state index contributed by atoms with van der Waals surface area (Å²) in [5, 5.41) is 0.970. The maximum Gasteiger partial charge on any atom is 0.196 e. The van der Waals surface area contributed by atoms with E-state index in [-0.39, 0.29) is 0 Å². The quantitative estimate of drug-likeness (QED) is 0.671. The molecule has 1 saturated heterocycles. The van der Waals surface area contributed by atoms with Crippen LogP contribution in [-0.4, -0.2) is 18.1 Å². The highest BCUT2D eigenvalue weighted by Crippen LogP contribution is 2.33. The van der Waals surface area contributed by atoms with Crippen LogP contribution in [0.5, 0.6) is 0 Å². The molecule has 3 nitrogen and oxygen atoms in total. The van der Waals surface area contributed by atoms with Crippen LogP contribution in [0.15, 0.2) is 40.8 Å². The third kappa shape index (κ3) is 2.56. The molecule has 1 aliphatic rings. The first-order chi connectivity index (χ1) is 10.4. The van der Waals surface area contributed by atoms with Crippen molar-refractivity contribution in [3.8, 4) is 10.8 Å². The van der Waals surface area contributed by atoms with Crippen LogP contribution >= 0.6 is 11.3 Å². The summed E-state index contributed by atoms with van der Waals surface area (Å²) in [4.78, 5) is 7.03. The molecule has 3 heterocycles. The van der Waals surface area contributed by atoms with Crippen LogP contribution in [0.25, 0.3) is 21.0 Å². The first kappa shape index (κ1) is 12.9. The Labute approximate surface area is 128 Å². The van der Waals surface area contributed by atoms with Crippen molar-refractivity contribution in [3.63, 3.8) is 0 Å². The SMILES string of the molecule is c1ccc2sc(-c3ccc(N4CCCCCC4)o3)nc2c1. The molecular formula is C17H18N2OS. The molecule has 0 unspecified atom stereocenters. The standard InChI is InChI=1S/C17H18N2OS/c1-2-6-12-19(11-5-1)16-10-9-14(20-16)17-18-13-7-3-4-8-15(13)21-17/h3-4,7-10H,1-2,5-6,11-12H2. The van der Waals surface area contributed by atoms with Gasteiger partial charge in [0, 0.05) is 19.2 Å². The van der Waals surface area contributed by atoms with Crippen LogP contribution < -0.4 is 4.90 Å². The van der Waals surface area contributed by atoms with Gasteiger partial charge in [-0.15, -0.1) is 11.3 Å². The normalized spacial score (nSPS) is 16.3. The zero-order valence-corrected chi connectivity index (χ0v) is 12.7. The first-order valence-electron chi connectivity index (χ1n) is 7.61. The van der Waals surface area contributed by atoms with E-state index in [1.54, 1.807) is 11.3 Å². The molecule has 0 N–H and O–H groups in total. The molecule has 0 spiro atoms. The Kier molecular flexibility index (Phi) is 3.39. The van der Waals surface area contributed by atoms with E-state index in [0.29, 0.717) is 0 Å². The Bertz CT molecular complexity index is 705. The maximum atomic E-state index is 6.07. The van der Waals surface area contributed by atoms with E-state index in [9.17, 15) is 0 Å². The van der Waals surface area contributed by atoms with E-state index in [0.717, 1.165) is 35.3 Å². The minimum atomic E-state index is 0.885. The van der Waals surface area contributed by atoms with Crippen LogP contribution in [0.3, 0.4) is 0 Å². The van der Waals surface area contributed by atoms with Crippen molar-refractivity contribution < 1.29 is 4.42 Å². The number of benzene rings is 1. The van der Waals surface area contributed by atoms with Gasteiger partial charge in [0.25, 0.3) is 0 Å². The molecule has 21 heavy (non-hydrogen) atoms. The molecule has 2 aromatic heterocycles. The Balaban J connectivity index is 1.63. The molecule has 0 aliphatic carbocycles. The second-order valence-corrected chi connectivity index (χ2v) is 6.56. The smallest absolute Gasteiger partial charge is 0.196 e. The van der Waals surface area contributed by atoms with Crippen molar-refractivity contribution >= 4 is 27.4 Å². The Morgan fingerprint density at radius 2 is 1.76 bits per heavy atom. The van der Waals surface area contributed by atoms with Gasteiger partial charge in [0.2, 0.25) is 0 Å². The fourth-order valence-corrected chi connectivity index (χ4v) is 3.81. The highest BCUT2D eigenvalue weighted by atomic mass is 32.1. The number of aromatic nitrogens is 1. The largest absolute Gasteiger partial charge is 0.438 e. The summed E-state index contributed by atoms with van der Waals surface area (Å²) in [7, 11) is 0. The number of rotatable bonds is 2. The third-order valence-corrected chi connectivity index (χ3v) is 5.07. The van der Waals surface area contributed by atoms with E-state index in [4.69, 9.17) is 4.42 Å². The van der Waals surface area contributed by atoms with Gasteiger partial charge >= 0.3 is 0 Å². The van der Waals surface area contributed by atoms with Gasteiger partial charge in [-0.3, -0.25) is 0 Å². The molecule has 0 bridgehead atoms. The lowest BCUT2D eigenvalue weighted by molar-refractivity contribution is 0.556. The van der Waals surface area contributed by atoms with Crippen LogP contribution in [0.1, 0.15) is 25.7 Å². The first-order valence-corrected chi connectivity index (χ1v) is 8.42. The molecular weight excluding hydrogens is 280 g/mol. The van der Waals surface area contributed by atoms with E-state index < -0.39 is 0 Å². The summed E-state index contributed by atoms with van der Waals surface area (Å²) in [6.45, 7) is 2.21. The van der Waals surface area contributed by atoms with Crippen LogP contribution in [0, 0.1) is 0 Å². The summed E-state index contributed by atoms with van der Waals surface area (Å²) in [6.07, 6.45) is 5.19. The summed E-state index contributed by atoms with van der Waals surface area (Å²) >= 11 is 1.69. The molecule has 1 aliphatic heterocycles. The van der Waals surface area contributed by atoms with Crippen molar-refractivity contribution in [2.24, 2.45) is 0 Å². The van der Waals surface area contributed by atoms with Gasteiger partial charge in [-0.25, -0.2) is 4.98 Å². The minimum absolute atomic E-state index is 0.885. The van der Waals surface area contributed by atoms with Crippen LogP contribution in [-0.2, 0) is 0 Å². The lowest BCUT2D eigenvalue weighted by Crippen LogP contribution is -2.23. The second kappa shape index (κ2) is 5.53. The van der Waals surface area contributed by atoms with E-state index >= 15 is 0 Å². The highest BCUT2D eigenvalue weighted by molar-refractivity contribution is 7.21. The second-order valence-electron chi connectivity index (χ2n) is 5.53. The van der Waals surface area contributed by atoms with Gasteiger partial charge in [0.1, 0.15) is 0 Å². The number of para-hydroxylation sites is 1. The van der Waals surface area contributed by atoms with Crippen LogP contribution in [0.4, 0.5) is 5.88 Å². The number of anilines is 1. The average molecular weight is 298 g/mol. The zero-order chi connectivity index (χ0) is 14.1. The number of nitrogens with zero attached hydrogens (tertiary/aromatic N) is 2. The lowest BCUT2D eigenvalue weighted by Gasteiger charge is -2.18. The number of hydrogen-bond donors (Lipinski definition) is 0. The van der Waals surface area contributed by atoms with Crippen molar-refractivity contribution in [1.82, 2.24) is 4.98 Å². The predicted octanol–water partition coefficient (Wildman–Crippen LogP) is 4.94. The van der Waals surface area contributed by atoms with E-state index in [2.05, 4.69) is 34.1 Å². The van der Waals surface area contributed by atoms with Gasteiger partial charge < -0.3 is 9.32 Å². The van der Waals surface area contributed by atoms with Gasteiger partial charge in [0.15, 0.2) is 16.7 Å². The number of hydrogen-bond acceptors (Lipinski definition) is 4. The van der Waals surface area contributed by atoms with E-state index in [1.807, 2.05) is 12.1 Å². The van der Waals surface area contributed by atoms with Gasteiger partial charge in [0.05, 0.1) is 10.2 Å². The molecule has 4 heteroatoms. The van der Waals surface area contributed by atoms with Gasteiger partial charge in [-0.2, -0.15) is 0 Å². The predicted molar refractivity (Wildman–Crippen MR) is 88.0 cm³/mol. The number of furan rings is 1. The maximum absolute atomic E-state index is 6.07. The van der Waals surface area contributed by atoms with Gasteiger partial charge in [-0.1, -0.05) is 25.0 Å². The van der Waals surface area contributed by atoms with Crippen molar-refractivity contribution in [2.75, 3.05) is 18.0 Å². The molecule has 108 valence electrons. The highest BCUT2D eigenvalue weighted by Gasteiger charge is 2.15. The van der Waals surface area contributed by atoms with Crippen molar-refractivity contribution in [1.29, 1.82) is 0 Å². The molecule has 3 aromatic rings. The lowest BCUT2D eigenvalue weighted by atomic mass is 10.2. The number of fused-ring (bicyclic) bond motifs is 1. The summed E-state index contributed by atoms with van der Waals surface area (Å²) in [5.41, 5.74) is 1.05. The summed E-state index contributed by atoms with van der Waals surface area (Å²) in [5.74, 6) is 1.88. The summed E-state index contributed by atoms with van der Waals surface area (Å²) < 4.78 is 7.28. The molecule has 0 saturated carbocycles. The van der Waals surface area contributed by atoms with Crippen molar-refractivity contribution in [2.45, 2.75) is 25.7 Å². The fraction of sp³-hybridized carbons (Fsp3) is 0.353. The van der Waals surface area contributed by atoms with Gasteiger partial charge in [-0.05, 0) is 31.0 Å². The van der Waals surface area contributed by atoms with Crippen molar-refractivity contribution in [3.05, 3.63) is 36.4 Å². The molecule has 4 rings (SSSR count). The topological polar surface area (TPSA) is 29.3 Å². The third-order valence-electron chi connectivity index (χ3n) is 4.01. The molecule has 1 aromatic carbocycles. The average Bonchev–Trinajstić information content (AvgIpc) is 3.07. The summed E-state index contributed by atoms with van der Waals surface area (Å²) in [6, 6.07) is 12.4. The van der Waals surface area contributed by atoms with Crippen LogP contribution in [0.2, 0.25) is 0 Å².